The fraction of sp³-hybridized carbons (Fsp3) is 0.700. The molecule has 3 N–H and O–H groups in total. The highest BCUT2D eigenvalue weighted by molar-refractivity contribution is 5.82. The van der Waals surface area contributed by atoms with Crippen molar-refractivity contribution in [2.75, 3.05) is 13.2 Å². The zero-order valence-electron chi connectivity index (χ0n) is 8.35. The summed E-state index contributed by atoms with van der Waals surface area (Å²) in [5.41, 5.74) is 5.68. The van der Waals surface area contributed by atoms with E-state index in [4.69, 9.17) is 10.8 Å². The first kappa shape index (κ1) is 11.2. The third-order valence-electron chi connectivity index (χ3n) is 2.61. The van der Waals surface area contributed by atoms with Gasteiger partial charge in [0.1, 0.15) is 0 Å². The smallest absolute Gasteiger partial charge is 0.240 e. The van der Waals surface area contributed by atoms with E-state index in [1.54, 1.807) is 11.0 Å². The van der Waals surface area contributed by atoms with E-state index in [0.717, 1.165) is 19.4 Å². The number of carbonyl (C=O) groups is 1. The highest BCUT2D eigenvalue weighted by Crippen LogP contribution is 2.17. The van der Waals surface area contributed by atoms with Gasteiger partial charge in [-0.3, -0.25) is 4.79 Å². The summed E-state index contributed by atoms with van der Waals surface area (Å²) in [5, 5.41) is 9.04. The molecule has 4 heteroatoms. The summed E-state index contributed by atoms with van der Waals surface area (Å²) >= 11 is 0. The summed E-state index contributed by atoms with van der Waals surface area (Å²) in [6.07, 6.45) is 3.97. The summed E-state index contributed by atoms with van der Waals surface area (Å²) in [6.45, 7) is 4.30. The van der Waals surface area contributed by atoms with Crippen LogP contribution in [0.15, 0.2) is 12.7 Å². The van der Waals surface area contributed by atoms with Crippen molar-refractivity contribution >= 4 is 5.91 Å². The van der Waals surface area contributed by atoms with Crippen molar-refractivity contribution in [2.45, 2.75) is 31.3 Å². The van der Waals surface area contributed by atoms with Crippen LogP contribution in [-0.2, 0) is 4.79 Å². The first-order valence-electron chi connectivity index (χ1n) is 4.98. The zero-order valence-corrected chi connectivity index (χ0v) is 8.35. The molecule has 2 atom stereocenters. The van der Waals surface area contributed by atoms with E-state index >= 15 is 0 Å². The molecule has 0 radical (unpaired) electrons. The second-order valence-corrected chi connectivity index (χ2v) is 3.64. The van der Waals surface area contributed by atoms with Crippen LogP contribution >= 0.6 is 0 Å². The van der Waals surface area contributed by atoms with Crippen LogP contribution in [0.1, 0.15) is 19.3 Å². The van der Waals surface area contributed by atoms with Crippen molar-refractivity contribution in [2.24, 2.45) is 5.73 Å². The minimum Gasteiger partial charge on any atom is -0.394 e. The molecule has 1 aliphatic rings. The third kappa shape index (κ3) is 2.33. The van der Waals surface area contributed by atoms with Crippen molar-refractivity contribution in [1.29, 1.82) is 0 Å². The maximum Gasteiger partial charge on any atom is 0.240 e. The number of carbonyl (C=O) groups excluding carboxylic acids is 1. The van der Waals surface area contributed by atoms with Gasteiger partial charge in [-0.2, -0.15) is 0 Å². The molecular weight excluding hydrogens is 180 g/mol. The van der Waals surface area contributed by atoms with Crippen molar-refractivity contribution in [3.8, 4) is 0 Å². The van der Waals surface area contributed by atoms with Crippen LogP contribution in [0.25, 0.3) is 0 Å². The molecule has 4 nitrogen and oxygen atoms in total. The van der Waals surface area contributed by atoms with Gasteiger partial charge in [0, 0.05) is 6.54 Å². The Labute approximate surface area is 84.4 Å². The number of nitrogens with two attached hydrogens (primary N) is 1. The standard InChI is InChI=1S/C10H18N2O2/c1-2-4-9(11)10(14)12-6-3-5-8(12)7-13/h2,8-9,13H,1,3-7,11H2. The lowest BCUT2D eigenvalue weighted by atomic mass is 10.1. The van der Waals surface area contributed by atoms with E-state index < -0.39 is 6.04 Å². The van der Waals surface area contributed by atoms with Gasteiger partial charge in [0.15, 0.2) is 0 Å². The first-order chi connectivity index (χ1) is 6.70. The molecule has 80 valence electrons. The second kappa shape index (κ2) is 5.12. The molecule has 0 spiro atoms. The Balaban J connectivity index is 2.54. The molecule has 0 aliphatic carbocycles. The van der Waals surface area contributed by atoms with Gasteiger partial charge in [-0.15, -0.1) is 6.58 Å². The lowest BCUT2D eigenvalue weighted by Gasteiger charge is -2.25. The van der Waals surface area contributed by atoms with Gasteiger partial charge in [-0.25, -0.2) is 0 Å². The van der Waals surface area contributed by atoms with E-state index in [1.807, 2.05) is 0 Å². The van der Waals surface area contributed by atoms with Crippen molar-refractivity contribution in [3.05, 3.63) is 12.7 Å². The fourth-order valence-corrected chi connectivity index (χ4v) is 1.81. The SMILES string of the molecule is C=CCC(N)C(=O)N1CCCC1CO. The molecule has 1 fully saturated rings. The van der Waals surface area contributed by atoms with Crippen molar-refractivity contribution in [1.82, 2.24) is 4.90 Å². The lowest BCUT2D eigenvalue weighted by Crippen LogP contribution is -2.46. The monoisotopic (exact) mass is 198 g/mol. The van der Waals surface area contributed by atoms with E-state index in [2.05, 4.69) is 6.58 Å². The molecule has 2 unspecified atom stereocenters. The third-order valence-corrected chi connectivity index (χ3v) is 2.61. The molecule has 0 aromatic rings. The minimum absolute atomic E-state index is 0.0293. The Morgan fingerprint density at radius 2 is 2.50 bits per heavy atom. The van der Waals surface area contributed by atoms with Crippen molar-refractivity contribution in [3.63, 3.8) is 0 Å². The number of nitrogens with zero attached hydrogens (tertiary/aromatic N) is 1. The number of hydrogen-bond acceptors (Lipinski definition) is 3. The van der Waals surface area contributed by atoms with Crippen LogP contribution in [0.3, 0.4) is 0 Å². The van der Waals surface area contributed by atoms with Gasteiger partial charge >= 0.3 is 0 Å². The van der Waals surface area contributed by atoms with Crippen LogP contribution in [0, 0.1) is 0 Å². The largest absolute Gasteiger partial charge is 0.394 e. The predicted octanol–water partition coefficient (Wildman–Crippen LogP) is -0.127. The Kier molecular flexibility index (Phi) is 4.10. The van der Waals surface area contributed by atoms with Gasteiger partial charge < -0.3 is 15.7 Å². The molecular formula is C10H18N2O2. The summed E-state index contributed by atoms with van der Waals surface area (Å²) in [5.74, 6) is -0.0681. The molecule has 0 bridgehead atoms. The average molecular weight is 198 g/mol. The van der Waals surface area contributed by atoms with Crippen LogP contribution < -0.4 is 5.73 Å². The molecule has 0 aromatic heterocycles. The van der Waals surface area contributed by atoms with E-state index in [9.17, 15) is 4.79 Å². The number of amides is 1. The quantitative estimate of drug-likeness (QED) is 0.618. The highest BCUT2D eigenvalue weighted by Gasteiger charge is 2.30. The van der Waals surface area contributed by atoms with Crippen molar-refractivity contribution < 1.29 is 9.90 Å². The molecule has 1 aliphatic heterocycles. The number of aliphatic hydroxyl groups excluding tert-OH is 1. The lowest BCUT2D eigenvalue weighted by molar-refractivity contribution is -0.134. The maximum absolute atomic E-state index is 11.7. The molecule has 1 rings (SSSR count). The molecule has 1 heterocycles. The topological polar surface area (TPSA) is 66.6 Å². The number of hydrogen-bond donors (Lipinski definition) is 2. The Bertz CT molecular complexity index is 218. The Morgan fingerprint density at radius 1 is 1.79 bits per heavy atom. The summed E-state index contributed by atoms with van der Waals surface area (Å²) < 4.78 is 0. The Hall–Kier alpha value is -0.870. The van der Waals surface area contributed by atoms with Crippen LogP contribution in [0.4, 0.5) is 0 Å². The minimum atomic E-state index is -0.500. The number of likely N-dealkylation sites (tertiary alicyclic amines) is 1. The fourth-order valence-electron chi connectivity index (χ4n) is 1.81. The summed E-state index contributed by atoms with van der Waals surface area (Å²) in [4.78, 5) is 13.4. The van der Waals surface area contributed by atoms with Gasteiger partial charge in [-0.1, -0.05) is 6.08 Å². The first-order valence-corrected chi connectivity index (χ1v) is 4.98. The van der Waals surface area contributed by atoms with Gasteiger partial charge in [0.2, 0.25) is 5.91 Å². The molecule has 1 amide bonds. The summed E-state index contributed by atoms with van der Waals surface area (Å²) in [7, 11) is 0. The Morgan fingerprint density at radius 3 is 3.07 bits per heavy atom. The normalized spacial score (nSPS) is 23.6. The molecule has 14 heavy (non-hydrogen) atoms. The molecule has 1 saturated heterocycles. The van der Waals surface area contributed by atoms with E-state index in [1.165, 1.54) is 0 Å². The number of rotatable bonds is 4. The van der Waals surface area contributed by atoms with E-state index in [0.29, 0.717) is 6.42 Å². The van der Waals surface area contributed by atoms with E-state index in [-0.39, 0.29) is 18.6 Å². The molecule has 0 saturated carbocycles. The predicted molar refractivity (Wildman–Crippen MR) is 54.6 cm³/mol. The average Bonchev–Trinajstić information content (AvgIpc) is 2.64. The van der Waals surface area contributed by atoms with Crippen LogP contribution in [0.2, 0.25) is 0 Å². The van der Waals surface area contributed by atoms with Crippen LogP contribution in [0.5, 0.6) is 0 Å². The van der Waals surface area contributed by atoms with Gasteiger partial charge in [0.05, 0.1) is 18.7 Å². The maximum atomic E-state index is 11.7. The highest BCUT2D eigenvalue weighted by atomic mass is 16.3. The van der Waals surface area contributed by atoms with Crippen LogP contribution in [-0.4, -0.2) is 41.1 Å². The molecule has 0 aromatic carbocycles. The number of aliphatic hydroxyl groups is 1. The zero-order chi connectivity index (χ0) is 10.6. The second-order valence-electron chi connectivity index (χ2n) is 3.64. The summed E-state index contributed by atoms with van der Waals surface area (Å²) in [6, 6.07) is -0.530. The van der Waals surface area contributed by atoms with Gasteiger partial charge in [0.25, 0.3) is 0 Å². The van der Waals surface area contributed by atoms with Gasteiger partial charge in [-0.05, 0) is 19.3 Å².